The number of benzene rings is 1. The minimum Gasteiger partial charge on any atom is -0.493 e. The van der Waals surface area contributed by atoms with Gasteiger partial charge in [0.05, 0.1) is 14.2 Å². The first-order valence-corrected chi connectivity index (χ1v) is 10.7. The topological polar surface area (TPSA) is 107 Å². The van der Waals surface area contributed by atoms with E-state index in [9.17, 15) is 9.59 Å². The Hall–Kier alpha value is -3.47. The van der Waals surface area contributed by atoms with Gasteiger partial charge in [-0.05, 0) is 32.4 Å². The molecule has 178 valence electrons. The monoisotopic (exact) mass is 476 g/mol. The smallest absolute Gasteiger partial charge is 0.333 e. The molecule has 0 aliphatic carbocycles. The van der Waals surface area contributed by atoms with Gasteiger partial charge in [-0.1, -0.05) is 25.0 Å². The number of methoxy groups -OCH3 is 2. The van der Waals surface area contributed by atoms with Crippen LogP contribution in [0.2, 0.25) is 0 Å². The molecule has 2 aromatic heterocycles. The number of rotatable bonds is 9. The maximum absolute atomic E-state index is 13.2. The van der Waals surface area contributed by atoms with Gasteiger partial charge in [0.2, 0.25) is 0 Å². The van der Waals surface area contributed by atoms with Crippen LogP contribution in [0.15, 0.2) is 45.8 Å². The Morgan fingerprint density at radius 3 is 2.39 bits per heavy atom. The molecule has 3 rings (SSSR count). The van der Waals surface area contributed by atoms with Crippen molar-refractivity contribution in [3.8, 4) is 17.2 Å². The fraction of sp³-hybridized carbons (Fsp3) is 0.409. The summed E-state index contributed by atoms with van der Waals surface area (Å²) in [4.78, 5) is 36.5. The molecule has 0 unspecified atom stereocenters. The number of fused-ring (bicyclic) bond motifs is 1. The number of imidazole rings is 1. The molecule has 10 nitrogen and oxygen atoms in total. The minimum atomic E-state index is -0.455. The average molecular weight is 477 g/mol. The van der Waals surface area contributed by atoms with Crippen molar-refractivity contribution >= 4 is 23.7 Å². The molecule has 3 aromatic rings. The van der Waals surface area contributed by atoms with Crippen molar-refractivity contribution in [1.82, 2.24) is 18.8 Å². The van der Waals surface area contributed by atoms with Crippen molar-refractivity contribution in [2.75, 3.05) is 14.2 Å². The largest absolute Gasteiger partial charge is 0.493 e. The van der Waals surface area contributed by atoms with Crippen LogP contribution in [-0.4, -0.2) is 37.3 Å². The van der Waals surface area contributed by atoms with Gasteiger partial charge in [0.15, 0.2) is 40.9 Å². The minimum absolute atomic E-state index is 0.184. The van der Waals surface area contributed by atoms with Crippen LogP contribution in [0, 0.1) is 0 Å². The van der Waals surface area contributed by atoms with Gasteiger partial charge in [-0.25, -0.2) is 9.78 Å². The fourth-order valence-corrected chi connectivity index (χ4v) is 3.17. The van der Waals surface area contributed by atoms with Crippen molar-refractivity contribution in [2.45, 2.75) is 46.7 Å². The zero-order valence-electron chi connectivity index (χ0n) is 19.4. The van der Waals surface area contributed by atoms with Crippen LogP contribution in [0.4, 0.5) is 0 Å². The Balaban J connectivity index is 0.00000187. The number of ether oxygens (including phenoxy) is 2. The van der Waals surface area contributed by atoms with Crippen molar-refractivity contribution in [2.24, 2.45) is 0 Å². The van der Waals surface area contributed by atoms with E-state index in [4.69, 9.17) is 18.5 Å². The summed E-state index contributed by atoms with van der Waals surface area (Å²) in [6.07, 6.45) is 4.94. The number of aromatic nitrogens is 4. The highest BCUT2D eigenvalue weighted by Gasteiger charge is 2.19. The maximum atomic E-state index is 13.2. The summed E-state index contributed by atoms with van der Waals surface area (Å²) in [5, 5.41) is 0. The summed E-state index contributed by atoms with van der Waals surface area (Å²) in [5.74, 6) is 1.48. The Morgan fingerprint density at radius 1 is 1.09 bits per heavy atom. The number of unbranched alkanes of at least 4 members (excludes halogenated alkanes) is 1. The van der Waals surface area contributed by atoms with E-state index in [2.05, 4.69) is 17.5 Å². The molecule has 0 radical (unpaired) electrons. The predicted molar refractivity (Wildman–Crippen MR) is 126 cm³/mol. The van der Waals surface area contributed by atoms with E-state index in [0.717, 1.165) is 18.4 Å². The normalized spacial score (nSPS) is 10.3. The summed E-state index contributed by atoms with van der Waals surface area (Å²) in [5.41, 5.74) is 0.689. The summed E-state index contributed by atoms with van der Waals surface area (Å²) >= 11 is 2.83. The van der Waals surface area contributed by atoms with E-state index in [-0.39, 0.29) is 17.8 Å². The second-order valence-corrected chi connectivity index (χ2v) is 7.34. The van der Waals surface area contributed by atoms with E-state index in [1.807, 2.05) is 26.8 Å². The van der Waals surface area contributed by atoms with E-state index in [1.165, 1.54) is 27.3 Å². The SMILES string of the molecule is CCCCn1c(=O)n(CC=C(C)C)c(=O)c2c1ncn2Oc1ccc(OC)c(OC)c1.O=S. The zero-order valence-corrected chi connectivity index (χ0v) is 20.2. The van der Waals surface area contributed by atoms with Gasteiger partial charge in [0, 0.05) is 19.2 Å². The highest BCUT2D eigenvalue weighted by Crippen LogP contribution is 2.31. The Bertz CT molecular complexity index is 1240. The fourth-order valence-electron chi connectivity index (χ4n) is 3.17. The molecule has 0 aliphatic heterocycles. The summed E-state index contributed by atoms with van der Waals surface area (Å²) in [7, 11) is 3.08. The lowest BCUT2D eigenvalue weighted by molar-refractivity contribution is 0.224. The number of aryl methyl sites for hydroxylation is 1. The number of allylic oxidation sites excluding steroid dienone is 2. The van der Waals surface area contributed by atoms with Crippen molar-refractivity contribution in [3.63, 3.8) is 0 Å². The van der Waals surface area contributed by atoms with Gasteiger partial charge in [0.25, 0.3) is 5.56 Å². The third-order valence-corrected chi connectivity index (χ3v) is 4.86. The van der Waals surface area contributed by atoms with Crippen LogP contribution in [0.25, 0.3) is 11.2 Å². The second kappa shape index (κ2) is 12.0. The average Bonchev–Trinajstić information content (AvgIpc) is 3.23. The molecule has 2 heterocycles. The Kier molecular flexibility index (Phi) is 9.34. The summed E-state index contributed by atoms with van der Waals surface area (Å²) < 4.78 is 22.4. The molecule has 0 bridgehead atoms. The van der Waals surface area contributed by atoms with Crippen LogP contribution in [0.3, 0.4) is 0 Å². The number of hydrogen-bond acceptors (Lipinski definition) is 8. The van der Waals surface area contributed by atoms with Crippen molar-refractivity contribution in [3.05, 3.63) is 57.0 Å². The van der Waals surface area contributed by atoms with E-state index >= 15 is 0 Å². The Morgan fingerprint density at radius 2 is 1.79 bits per heavy atom. The molecule has 0 fully saturated rings. The molecule has 0 saturated heterocycles. The third-order valence-electron chi connectivity index (χ3n) is 4.86. The van der Waals surface area contributed by atoms with Gasteiger partial charge < -0.3 is 14.3 Å². The van der Waals surface area contributed by atoms with Crippen LogP contribution in [0.1, 0.15) is 33.6 Å². The van der Waals surface area contributed by atoms with Gasteiger partial charge in [-0.15, -0.1) is 0 Å². The lowest BCUT2D eigenvalue weighted by Crippen LogP contribution is -2.40. The summed E-state index contributed by atoms with van der Waals surface area (Å²) in [6.45, 7) is 6.53. The molecule has 0 spiro atoms. The van der Waals surface area contributed by atoms with Crippen LogP contribution in [0.5, 0.6) is 17.2 Å². The summed E-state index contributed by atoms with van der Waals surface area (Å²) in [6, 6.07) is 5.05. The molecule has 0 aliphatic rings. The van der Waals surface area contributed by atoms with Gasteiger partial charge in [0.1, 0.15) is 6.33 Å². The molecular formula is C22H28N4O6S. The van der Waals surface area contributed by atoms with Crippen molar-refractivity contribution in [1.29, 1.82) is 0 Å². The van der Waals surface area contributed by atoms with Crippen molar-refractivity contribution < 1.29 is 18.5 Å². The molecule has 11 heteroatoms. The highest BCUT2D eigenvalue weighted by molar-refractivity contribution is 7.44. The van der Waals surface area contributed by atoms with E-state index in [0.29, 0.717) is 29.4 Å². The van der Waals surface area contributed by atoms with E-state index < -0.39 is 5.56 Å². The second-order valence-electron chi connectivity index (χ2n) is 7.34. The molecule has 33 heavy (non-hydrogen) atoms. The third kappa shape index (κ3) is 5.67. The van der Waals surface area contributed by atoms with Crippen LogP contribution < -0.4 is 25.6 Å². The molecule has 0 N–H and O–H groups in total. The number of hydrogen-bond donors (Lipinski definition) is 0. The first kappa shape index (κ1) is 25.8. The Labute approximate surface area is 196 Å². The highest BCUT2D eigenvalue weighted by atomic mass is 32.1. The maximum Gasteiger partial charge on any atom is 0.333 e. The van der Waals surface area contributed by atoms with Gasteiger partial charge in [-0.3, -0.25) is 13.9 Å². The molecule has 1 aromatic carbocycles. The van der Waals surface area contributed by atoms with E-state index in [1.54, 1.807) is 25.3 Å². The molecule has 0 saturated carbocycles. The zero-order chi connectivity index (χ0) is 24.5. The first-order chi connectivity index (χ1) is 15.9. The van der Waals surface area contributed by atoms with Gasteiger partial charge in [-0.2, -0.15) is 8.94 Å². The van der Waals surface area contributed by atoms with Crippen LogP contribution in [-0.2, 0) is 25.6 Å². The molecule has 0 atom stereocenters. The predicted octanol–water partition coefficient (Wildman–Crippen LogP) is 2.65. The lowest BCUT2D eigenvalue weighted by Gasteiger charge is -2.13. The van der Waals surface area contributed by atoms with Gasteiger partial charge >= 0.3 is 5.69 Å². The molecule has 0 amide bonds. The molecular weight excluding hydrogens is 448 g/mol. The number of nitrogens with zero attached hydrogens (tertiary/aromatic N) is 4. The standard InChI is InChI=1S/C22H28N4O5.OS/c1-6-7-11-24-20-19(21(27)25(22(24)28)12-10-15(2)3)26(14-23-20)31-16-8-9-17(29-4)18(13-16)30-5;1-2/h8-10,13-14H,6-7,11-12H2,1-5H3;. The lowest BCUT2D eigenvalue weighted by atomic mass is 10.3. The first-order valence-electron chi connectivity index (χ1n) is 10.3. The quantitative estimate of drug-likeness (QED) is 0.434. The van der Waals surface area contributed by atoms with Crippen LogP contribution >= 0.6 is 0 Å².